The molecule has 0 saturated heterocycles. The molecule has 0 unspecified atom stereocenters. The molecular formula is C15H19FO3. The molecule has 0 fully saturated rings. The van der Waals surface area contributed by atoms with Gasteiger partial charge in [0.2, 0.25) is 11.5 Å². The van der Waals surface area contributed by atoms with Crippen LogP contribution >= 0.6 is 0 Å². The summed E-state index contributed by atoms with van der Waals surface area (Å²) in [5, 5.41) is 0.242. The van der Waals surface area contributed by atoms with Gasteiger partial charge in [-0.15, -0.1) is 0 Å². The van der Waals surface area contributed by atoms with Crippen LogP contribution in [0.3, 0.4) is 0 Å². The maximum atomic E-state index is 13.8. The van der Waals surface area contributed by atoms with Crippen LogP contribution in [0, 0.1) is 5.82 Å². The van der Waals surface area contributed by atoms with Crippen LogP contribution in [-0.4, -0.2) is 5.78 Å². The van der Waals surface area contributed by atoms with Gasteiger partial charge in [-0.3, -0.25) is 4.79 Å². The summed E-state index contributed by atoms with van der Waals surface area (Å²) < 4.78 is 23.8. The largest absolute Gasteiger partial charge is 0.468 e. The summed E-state index contributed by atoms with van der Waals surface area (Å²) in [5.74, 6) is -1.02. The van der Waals surface area contributed by atoms with Gasteiger partial charge in [-0.05, 0) is 6.42 Å². The first-order valence-corrected chi connectivity index (χ1v) is 6.91. The number of carbonyl (C=O) groups is 1. The van der Waals surface area contributed by atoms with Crippen LogP contribution in [0.2, 0.25) is 0 Å². The Morgan fingerprint density at radius 2 is 1.89 bits per heavy atom. The van der Waals surface area contributed by atoms with E-state index < -0.39 is 5.82 Å². The molecule has 0 aliphatic carbocycles. The SMILES string of the molecule is CCCCCCCCC(=O)c1oc2cocc2c1F. The molecule has 4 heteroatoms. The predicted octanol–water partition coefficient (Wildman–Crippen LogP) is 5.10. The predicted molar refractivity (Wildman–Crippen MR) is 70.8 cm³/mol. The summed E-state index contributed by atoms with van der Waals surface area (Å²) in [6, 6.07) is 0. The number of hydrogen-bond acceptors (Lipinski definition) is 3. The van der Waals surface area contributed by atoms with Crippen LogP contribution in [0.4, 0.5) is 4.39 Å². The smallest absolute Gasteiger partial charge is 0.206 e. The van der Waals surface area contributed by atoms with Crippen molar-refractivity contribution in [1.82, 2.24) is 0 Å². The number of Topliss-reactive ketones (excluding diaryl/α,β-unsaturated/α-hetero) is 1. The van der Waals surface area contributed by atoms with Gasteiger partial charge in [0.15, 0.2) is 11.4 Å². The lowest BCUT2D eigenvalue weighted by atomic mass is 10.1. The molecule has 0 aromatic carbocycles. The highest BCUT2D eigenvalue weighted by atomic mass is 19.1. The minimum absolute atomic E-state index is 0.158. The molecule has 104 valence electrons. The second-order valence-corrected chi connectivity index (χ2v) is 4.84. The van der Waals surface area contributed by atoms with E-state index >= 15 is 0 Å². The van der Waals surface area contributed by atoms with Crippen molar-refractivity contribution in [2.24, 2.45) is 0 Å². The average Bonchev–Trinajstić information content (AvgIpc) is 2.97. The van der Waals surface area contributed by atoms with Crippen LogP contribution in [-0.2, 0) is 0 Å². The first-order valence-electron chi connectivity index (χ1n) is 6.91. The Labute approximate surface area is 111 Å². The van der Waals surface area contributed by atoms with E-state index in [1.807, 2.05) is 0 Å². The van der Waals surface area contributed by atoms with Crippen molar-refractivity contribution in [3.05, 3.63) is 24.1 Å². The van der Waals surface area contributed by atoms with E-state index in [4.69, 9.17) is 8.83 Å². The quantitative estimate of drug-likeness (QED) is 0.493. The molecule has 0 amide bonds. The van der Waals surface area contributed by atoms with Crippen LogP contribution in [0.1, 0.15) is 62.4 Å². The molecule has 0 atom stereocenters. The van der Waals surface area contributed by atoms with Gasteiger partial charge < -0.3 is 8.83 Å². The third-order valence-corrected chi connectivity index (χ3v) is 3.28. The van der Waals surface area contributed by atoms with Gasteiger partial charge in [-0.1, -0.05) is 39.0 Å². The van der Waals surface area contributed by atoms with Gasteiger partial charge in [0.05, 0.1) is 5.39 Å². The van der Waals surface area contributed by atoms with Crippen molar-refractivity contribution in [2.45, 2.75) is 51.9 Å². The first-order chi connectivity index (χ1) is 9.24. The maximum Gasteiger partial charge on any atom is 0.206 e. The number of hydrogen-bond donors (Lipinski definition) is 0. The summed E-state index contributed by atoms with van der Waals surface area (Å²) >= 11 is 0. The third-order valence-electron chi connectivity index (χ3n) is 3.28. The fourth-order valence-corrected chi connectivity index (χ4v) is 2.16. The number of rotatable bonds is 8. The summed E-state index contributed by atoms with van der Waals surface area (Å²) in [6.07, 6.45) is 9.48. The molecule has 3 nitrogen and oxygen atoms in total. The third kappa shape index (κ3) is 3.25. The van der Waals surface area contributed by atoms with Gasteiger partial charge in [0.1, 0.15) is 12.5 Å². The molecule has 2 rings (SSSR count). The van der Waals surface area contributed by atoms with Crippen molar-refractivity contribution in [3.8, 4) is 0 Å². The molecule has 2 heterocycles. The minimum atomic E-state index is -0.597. The molecule has 2 aromatic rings. The summed E-state index contributed by atoms with van der Waals surface area (Å²) in [4.78, 5) is 11.9. The van der Waals surface area contributed by atoms with Crippen molar-refractivity contribution < 1.29 is 18.0 Å². The first kappa shape index (κ1) is 13.8. The summed E-state index contributed by atoms with van der Waals surface area (Å²) in [6.45, 7) is 2.17. The van der Waals surface area contributed by atoms with Crippen molar-refractivity contribution in [3.63, 3.8) is 0 Å². The van der Waals surface area contributed by atoms with Crippen LogP contribution in [0.15, 0.2) is 21.4 Å². The summed E-state index contributed by atoms with van der Waals surface area (Å²) in [7, 11) is 0. The monoisotopic (exact) mass is 266 g/mol. The number of halogens is 1. The number of fused-ring (bicyclic) bond motifs is 1. The highest BCUT2D eigenvalue weighted by molar-refractivity contribution is 5.97. The Bertz CT molecular complexity index is 539. The highest BCUT2D eigenvalue weighted by Gasteiger charge is 2.21. The topological polar surface area (TPSA) is 43.4 Å². The maximum absolute atomic E-state index is 13.8. The lowest BCUT2D eigenvalue weighted by molar-refractivity contribution is 0.0948. The fraction of sp³-hybridized carbons (Fsp3) is 0.533. The molecule has 19 heavy (non-hydrogen) atoms. The zero-order valence-corrected chi connectivity index (χ0v) is 11.2. The second-order valence-electron chi connectivity index (χ2n) is 4.84. The van der Waals surface area contributed by atoms with E-state index in [2.05, 4.69) is 6.92 Å². The highest BCUT2D eigenvalue weighted by Crippen LogP contribution is 2.26. The van der Waals surface area contributed by atoms with Gasteiger partial charge in [-0.25, -0.2) is 4.39 Å². The van der Waals surface area contributed by atoms with E-state index in [-0.39, 0.29) is 16.9 Å². The molecule has 0 aliphatic rings. The van der Waals surface area contributed by atoms with Gasteiger partial charge in [0, 0.05) is 6.42 Å². The van der Waals surface area contributed by atoms with E-state index in [1.165, 1.54) is 31.8 Å². The second kappa shape index (κ2) is 6.55. The van der Waals surface area contributed by atoms with Crippen molar-refractivity contribution in [2.75, 3.05) is 0 Å². The Balaban J connectivity index is 1.83. The van der Waals surface area contributed by atoms with E-state index in [0.29, 0.717) is 12.0 Å². The number of furan rings is 2. The Kier molecular flexibility index (Phi) is 4.77. The molecule has 0 bridgehead atoms. The zero-order chi connectivity index (χ0) is 13.7. The van der Waals surface area contributed by atoms with Crippen LogP contribution in [0.25, 0.3) is 11.0 Å². The number of unbranched alkanes of at least 4 members (excludes halogenated alkanes) is 5. The minimum Gasteiger partial charge on any atom is -0.468 e. The molecule has 0 spiro atoms. The molecule has 0 aliphatic heterocycles. The van der Waals surface area contributed by atoms with Crippen LogP contribution in [0.5, 0.6) is 0 Å². The Hall–Kier alpha value is -1.58. The van der Waals surface area contributed by atoms with Gasteiger partial charge in [-0.2, -0.15) is 0 Å². The van der Waals surface area contributed by atoms with Gasteiger partial charge in [0.25, 0.3) is 0 Å². The number of carbonyl (C=O) groups excluding carboxylic acids is 1. The normalized spacial score (nSPS) is 11.3. The van der Waals surface area contributed by atoms with E-state index in [9.17, 15) is 9.18 Å². The molecule has 0 N–H and O–H groups in total. The lowest BCUT2D eigenvalue weighted by Crippen LogP contribution is -1.99. The molecule has 0 saturated carbocycles. The van der Waals surface area contributed by atoms with Crippen molar-refractivity contribution in [1.29, 1.82) is 0 Å². The van der Waals surface area contributed by atoms with E-state index in [0.717, 1.165) is 19.3 Å². The van der Waals surface area contributed by atoms with E-state index in [1.54, 1.807) is 0 Å². The average molecular weight is 266 g/mol. The lowest BCUT2D eigenvalue weighted by Gasteiger charge is -1.99. The molecule has 2 aromatic heterocycles. The summed E-state index contributed by atoms with van der Waals surface area (Å²) in [5.41, 5.74) is 0.295. The van der Waals surface area contributed by atoms with Gasteiger partial charge >= 0.3 is 0 Å². The Morgan fingerprint density at radius 3 is 2.63 bits per heavy atom. The molecular weight excluding hydrogens is 247 g/mol. The van der Waals surface area contributed by atoms with Crippen molar-refractivity contribution >= 4 is 16.8 Å². The number of ketones is 1. The standard InChI is InChI=1S/C15H19FO3/c1-2-3-4-5-6-7-8-12(17)15-14(16)11-9-18-10-13(11)19-15/h9-10H,2-8H2,1H3. The molecule has 0 radical (unpaired) electrons. The van der Waals surface area contributed by atoms with Crippen LogP contribution < -0.4 is 0 Å². The Morgan fingerprint density at radius 1 is 1.16 bits per heavy atom. The zero-order valence-electron chi connectivity index (χ0n) is 11.2. The fourth-order valence-electron chi connectivity index (χ4n) is 2.16.